The number of carbonyl (C=O) groups excluding carboxylic acids is 1. The lowest BCUT2D eigenvalue weighted by Gasteiger charge is -2.25. The summed E-state index contributed by atoms with van der Waals surface area (Å²) in [5, 5.41) is 0. The van der Waals surface area contributed by atoms with E-state index in [9.17, 15) is 4.79 Å². The molecule has 0 saturated carbocycles. The number of rotatable bonds is 9. The van der Waals surface area contributed by atoms with Gasteiger partial charge in [0.25, 0.3) is 0 Å². The van der Waals surface area contributed by atoms with Crippen molar-refractivity contribution < 1.29 is 14.3 Å². The van der Waals surface area contributed by atoms with E-state index in [1.807, 2.05) is 18.2 Å². The summed E-state index contributed by atoms with van der Waals surface area (Å²) in [6.45, 7) is 10.4. The van der Waals surface area contributed by atoms with Crippen molar-refractivity contribution in [1.82, 2.24) is 8.61 Å². The summed E-state index contributed by atoms with van der Waals surface area (Å²) in [4.78, 5) is 12.4. The standard InChI is InChI=1S/C20H32N2O3S/c1-6-8-12-22(13-9-7-2)26-21(5)19(23)24-17-11-10-16-15-20(3,4)25-18(16)14-17/h10-11,14H,6-9,12-13,15H2,1-5H3. The number of unbranched alkanes of at least 4 members (excludes halogenated alkanes) is 2. The topological polar surface area (TPSA) is 42.0 Å². The van der Waals surface area contributed by atoms with Crippen LogP contribution in [-0.4, -0.2) is 40.4 Å². The van der Waals surface area contributed by atoms with E-state index >= 15 is 0 Å². The van der Waals surface area contributed by atoms with Crippen LogP contribution in [0.15, 0.2) is 18.2 Å². The molecule has 0 atom stereocenters. The van der Waals surface area contributed by atoms with Crippen LogP contribution in [-0.2, 0) is 6.42 Å². The molecule has 0 saturated heterocycles. The van der Waals surface area contributed by atoms with E-state index < -0.39 is 0 Å². The van der Waals surface area contributed by atoms with Crippen molar-refractivity contribution in [3.63, 3.8) is 0 Å². The molecule has 26 heavy (non-hydrogen) atoms. The average Bonchev–Trinajstić information content (AvgIpc) is 2.90. The summed E-state index contributed by atoms with van der Waals surface area (Å²) in [7, 11) is 1.75. The molecule has 5 nitrogen and oxygen atoms in total. The Morgan fingerprint density at radius 2 is 1.88 bits per heavy atom. The number of fused-ring (bicyclic) bond motifs is 1. The molecule has 1 aliphatic rings. The maximum atomic E-state index is 12.4. The Morgan fingerprint density at radius 3 is 2.50 bits per heavy atom. The first-order valence-corrected chi connectivity index (χ1v) is 10.3. The predicted octanol–water partition coefficient (Wildman–Crippen LogP) is 5.30. The first-order chi connectivity index (χ1) is 12.3. The van der Waals surface area contributed by atoms with E-state index in [1.165, 1.54) is 12.1 Å². The molecular weight excluding hydrogens is 348 g/mol. The fourth-order valence-corrected chi connectivity index (χ4v) is 3.74. The van der Waals surface area contributed by atoms with Crippen molar-refractivity contribution in [1.29, 1.82) is 0 Å². The Morgan fingerprint density at radius 1 is 1.23 bits per heavy atom. The van der Waals surface area contributed by atoms with Crippen molar-refractivity contribution in [2.75, 3.05) is 20.1 Å². The molecule has 1 aromatic rings. The van der Waals surface area contributed by atoms with Crippen LogP contribution in [0.1, 0.15) is 58.9 Å². The largest absolute Gasteiger partial charge is 0.487 e. The second kappa shape index (κ2) is 9.51. The molecule has 0 bridgehead atoms. The Kier molecular flexibility index (Phi) is 7.65. The molecule has 0 fully saturated rings. The van der Waals surface area contributed by atoms with Gasteiger partial charge in [-0.2, -0.15) is 0 Å². The second-order valence-corrected chi connectivity index (χ2v) is 8.62. The zero-order valence-electron chi connectivity index (χ0n) is 16.7. The van der Waals surface area contributed by atoms with E-state index in [1.54, 1.807) is 11.4 Å². The van der Waals surface area contributed by atoms with Crippen molar-refractivity contribution in [3.8, 4) is 11.5 Å². The molecule has 1 aromatic carbocycles. The maximum Gasteiger partial charge on any atom is 0.426 e. The molecule has 1 amide bonds. The number of carbonyl (C=O) groups is 1. The van der Waals surface area contributed by atoms with Crippen LogP contribution in [0.3, 0.4) is 0 Å². The third-order valence-corrected chi connectivity index (χ3v) is 5.25. The van der Waals surface area contributed by atoms with E-state index in [0.717, 1.165) is 56.5 Å². The highest BCUT2D eigenvalue weighted by molar-refractivity contribution is 7.95. The number of hydrogen-bond donors (Lipinski definition) is 0. The van der Waals surface area contributed by atoms with Crippen LogP contribution in [0, 0.1) is 0 Å². The second-order valence-electron chi connectivity index (χ2n) is 7.39. The van der Waals surface area contributed by atoms with E-state index in [0.29, 0.717) is 5.75 Å². The minimum atomic E-state index is -0.370. The van der Waals surface area contributed by atoms with Crippen LogP contribution in [0.5, 0.6) is 11.5 Å². The zero-order chi connectivity index (χ0) is 19.2. The molecule has 146 valence electrons. The molecule has 6 heteroatoms. The minimum absolute atomic E-state index is 0.198. The zero-order valence-corrected chi connectivity index (χ0v) is 17.5. The van der Waals surface area contributed by atoms with Gasteiger partial charge < -0.3 is 9.47 Å². The highest BCUT2D eigenvalue weighted by atomic mass is 32.2. The highest BCUT2D eigenvalue weighted by Crippen LogP contribution is 2.37. The van der Waals surface area contributed by atoms with Crippen molar-refractivity contribution >= 4 is 18.2 Å². The van der Waals surface area contributed by atoms with Crippen LogP contribution in [0.4, 0.5) is 4.79 Å². The summed E-state index contributed by atoms with van der Waals surface area (Å²) in [6.07, 6.45) is 5.03. The molecular formula is C20H32N2O3S. The lowest BCUT2D eigenvalue weighted by atomic mass is 10.0. The lowest BCUT2D eigenvalue weighted by molar-refractivity contribution is 0.138. The van der Waals surface area contributed by atoms with Gasteiger partial charge >= 0.3 is 6.09 Å². The normalized spacial score (nSPS) is 14.8. The van der Waals surface area contributed by atoms with E-state index in [4.69, 9.17) is 9.47 Å². The van der Waals surface area contributed by atoms with Crippen molar-refractivity contribution in [2.24, 2.45) is 0 Å². The van der Waals surface area contributed by atoms with Gasteiger partial charge in [-0.1, -0.05) is 32.8 Å². The van der Waals surface area contributed by atoms with Gasteiger partial charge in [-0.05, 0) is 38.3 Å². The number of ether oxygens (including phenoxy) is 2. The quantitative estimate of drug-likeness (QED) is 0.544. The summed E-state index contributed by atoms with van der Waals surface area (Å²) in [5.41, 5.74) is 0.958. The number of amides is 1. The lowest BCUT2D eigenvalue weighted by Crippen LogP contribution is -2.30. The predicted molar refractivity (Wildman–Crippen MR) is 108 cm³/mol. The van der Waals surface area contributed by atoms with Crippen LogP contribution < -0.4 is 9.47 Å². The third-order valence-electron chi connectivity index (χ3n) is 4.26. The third kappa shape index (κ3) is 6.09. The monoisotopic (exact) mass is 380 g/mol. The molecule has 1 heterocycles. The smallest absolute Gasteiger partial charge is 0.426 e. The summed E-state index contributed by atoms with van der Waals surface area (Å²) in [6, 6.07) is 5.63. The fraction of sp³-hybridized carbons (Fsp3) is 0.650. The Bertz CT molecular complexity index is 599. The molecule has 0 aromatic heterocycles. The Balaban J connectivity index is 1.92. The number of hydrogen-bond acceptors (Lipinski definition) is 5. The molecule has 0 N–H and O–H groups in total. The molecule has 2 rings (SSSR count). The Hall–Kier alpha value is -1.40. The average molecular weight is 381 g/mol. The van der Waals surface area contributed by atoms with Gasteiger partial charge in [-0.25, -0.2) is 13.4 Å². The molecule has 0 spiro atoms. The minimum Gasteiger partial charge on any atom is -0.487 e. The van der Waals surface area contributed by atoms with Gasteiger partial charge in [-0.15, -0.1) is 0 Å². The fourth-order valence-electron chi connectivity index (χ4n) is 2.87. The van der Waals surface area contributed by atoms with Crippen LogP contribution in [0.25, 0.3) is 0 Å². The first kappa shape index (κ1) is 20.9. The summed E-state index contributed by atoms with van der Waals surface area (Å²) < 4.78 is 15.2. The number of nitrogens with zero attached hydrogens (tertiary/aromatic N) is 2. The van der Waals surface area contributed by atoms with Crippen molar-refractivity contribution in [3.05, 3.63) is 23.8 Å². The summed E-state index contributed by atoms with van der Waals surface area (Å²) >= 11 is 1.44. The van der Waals surface area contributed by atoms with Gasteiger partial charge in [0.2, 0.25) is 0 Å². The van der Waals surface area contributed by atoms with Crippen LogP contribution >= 0.6 is 12.1 Å². The molecule has 0 radical (unpaired) electrons. The SMILES string of the molecule is CCCCN(CCCC)SN(C)C(=O)Oc1ccc2c(c1)OC(C)(C)C2. The number of benzene rings is 1. The van der Waals surface area contributed by atoms with Gasteiger partial charge in [0, 0.05) is 44.8 Å². The van der Waals surface area contributed by atoms with Crippen LogP contribution in [0.2, 0.25) is 0 Å². The van der Waals surface area contributed by atoms with Gasteiger partial charge in [0.05, 0.1) is 0 Å². The van der Waals surface area contributed by atoms with Crippen molar-refractivity contribution in [2.45, 2.75) is 65.4 Å². The maximum absolute atomic E-state index is 12.4. The van der Waals surface area contributed by atoms with Gasteiger partial charge in [0.1, 0.15) is 17.1 Å². The first-order valence-electron chi connectivity index (χ1n) is 9.55. The molecule has 0 aliphatic carbocycles. The van der Waals surface area contributed by atoms with Gasteiger partial charge in [0.15, 0.2) is 0 Å². The molecule has 0 unspecified atom stereocenters. The molecule has 1 aliphatic heterocycles. The highest BCUT2D eigenvalue weighted by Gasteiger charge is 2.30. The Labute approximate surface area is 162 Å². The summed E-state index contributed by atoms with van der Waals surface area (Å²) in [5.74, 6) is 1.33. The van der Waals surface area contributed by atoms with E-state index in [2.05, 4.69) is 32.0 Å². The van der Waals surface area contributed by atoms with E-state index in [-0.39, 0.29) is 11.7 Å². The van der Waals surface area contributed by atoms with Gasteiger partial charge in [-0.3, -0.25) is 0 Å².